The Morgan fingerprint density at radius 1 is 1.35 bits per heavy atom. The van der Waals surface area contributed by atoms with Gasteiger partial charge >= 0.3 is 0 Å². The summed E-state index contributed by atoms with van der Waals surface area (Å²) < 4.78 is 9.15. The first-order valence-corrected chi connectivity index (χ1v) is 7.34. The number of aliphatic hydroxyl groups is 1. The van der Waals surface area contributed by atoms with Gasteiger partial charge in [0.15, 0.2) is 0 Å². The van der Waals surface area contributed by atoms with Crippen LogP contribution in [0.2, 0.25) is 5.02 Å². The Hall–Kier alpha value is -1.17. The number of methoxy groups -OCH3 is 1. The molecule has 1 heterocycles. The van der Waals surface area contributed by atoms with E-state index in [0.717, 1.165) is 10.6 Å². The van der Waals surface area contributed by atoms with E-state index in [1.54, 1.807) is 25.3 Å². The molecule has 0 saturated carbocycles. The molecule has 1 aromatic carbocycles. The van der Waals surface area contributed by atoms with Gasteiger partial charge in [0.2, 0.25) is 0 Å². The lowest BCUT2D eigenvalue weighted by molar-refractivity contribution is 0.220. The molecular formula is C14H17ClN2O2S. The summed E-state index contributed by atoms with van der Waals surface area (Å²) in [4.78, 5) is 0.752. The van der Waals surface area contributed by atoms with Gasteiger partial charge in [-0.2, -0.15) is 0 Å². The molecule has 2 aromatic rings. The van der Waals surface area contributed by atoms with E-state index >= 15 is 0 Å². The van der Waals surface area contributed by atoms with Gasteiger partial charge in [-0.1, -0.05) is 42.9 Å². The van der Waals surface area contributed by atoms with E-state index in [4.69, 9.17) is 16.3 Å². The van der Waals surface area contributed by atoms with Gasteiger partial charge in [0.1, 0.15) is 11.9 Å². The molecule has 1 aromatic heterocycles. The number of aromatic nitrogens is 2. The average Bonchev–Trinajstić information content (AvgIpc) is 2.87. The van der Waals surface area contributed by atoms with Crippen LogP contribution in [0.15, 0.2) is 18.2 Å². The third kappa shape index (κ3) is 2.95. The highest BCUT2D eigenvalue weighted by Crippen LogP contribution is 2.36. The zero-order valence-electron chi connectivity index (χ0n) is 11.8. The lowest BCUT2D eigenvalue weighted by Gasteiger charge is -2.19. The number of hydrogen-bond acceptors (Lipinski definition) is 5. The Bertz CT molecular complexity index is 607. The Balaban J connectivity index is 2.42. The summed E-state index contributed by atoms with van der Waals surface area (Å²) >= 11 is 7.21. The van der Waals surface area contributed by atoms with Gasteiger partial charge in [0.05, 0.1) is 22.7 Å². The van der Waals surface area contributed by atoms with Crippen LogP contribution in [0.3, 0.4) is 0 Å². The molecule has 6 heteroatoms. The molecule has 108 valence electrons. The second-order valence-electron chi connectivity index (χ2n) is 5.53. The van der Waals surface area contributed by atoms with E-state index in [9.17, 15) is 5.11 Å². The van der Waals surface area contributed by atoms with Crippen LogP contribution in [0.5, 0.6) is 5.75 Å². The molecule has 0 spiro atoms. The third-order valence-corrected chi connectivity index (χ3v) is 4.05. The number of ether oxygens (including phenoxy) is 1. The summed E-state index contributed by atoms with van der Waals surface area (Å²) in [7, 11) is 1.55. The first kappa shape index (κ1) is 15.2. The van der Waals surface area contributed by atoms with Gasteiger partial charge in [-0.05, 0) is 29.2 Å². The Morgan fingerprint density at radius 2 is 2.05 bits per heavy atom. The normalized spacial score (nSPS) is 13.3. The second-order valence-corrected chi connectivity index (χ2v) is 6.73. The van der Waals surface area contributed by atoms with Gasteiger partial charge < -0.3 is 9.84 Å². The van der Waals surface area contributed by atoms with E-state index in [-0.39, 0.29) is 5.41 Å². The van der Waals surface area contributed by atoms with E-state index < -0.39 is 6.10 Å². The fourth-order valence-electron chi connectivity index (χ4n) is 1.89. The van der Waals surface area contributed by atoms with Crippen molar-refractivity contribution in [3.8, 4) is 5.75 Å². The maximum Gasteiger partial charge on any atom is 0.137 e. The van der Waals surface area contributed by atoms with Crippen LogP contribution in [0.25, 0.3) is 0 Å². The minimum Gasteiger partial charge on any atom is -0.495 e. The maximum absolute atomic E-state index is 10.6. The van der Waals surface area contributed by atoms with Crippen LogP contribution >= 0.6 is 23.1 Å². The smallest absolute Gasteiger partial charge is 0.137 e. The van der Waals surface area contributed by atoms with Crippen molar-refractivity contribution in [3.63, 3.8) is 0 Å². The van der Waals surface area contributed by atoms with Gasteiger partial charge in [0.25, 0.3) is 0 Å². The largest absolute Gasteiger partial charge is 0.495 e. The van der Waals surface area contributed by atoms with Crippen molar-refractivity contribution in [2.24, 2.45) is 0 Å². The quantitative estimate of drug-likeness (QED) is 0.941. The lowest BCUT2D eigenvalue weighted by atomic mass is 9.89. The molecule has 2 rings (SSSR count). The SMILES string of the molecule is COc1cc(C(O)c2snnc2C(C)(C)C)ccc1Cl. The topological polar surface area (TPSA) is 55.2 Å². The van der Waals surface area contributed by atoms with Crippen molar-refractivity contribution in [2.45, 2.75) is 32.3 Å². The number of rotatable bonds is 3. The number of benzene rings is 1. The highest BCUT2D eigenvalue weighted by atomic mass is 35.5. The van der Waals surface area contributed by atoms with Crippen molar-refractivity contribution in [3.05, 3.63) is 39.4 Å². The lowest BCUT2D eigenvalue weighted by Crippen LogP contribution is -2.16. The molecule has 0 radical (unpaired) electrons. The predicted molar refractivity (Wildman–Crippen MR) is 80.7 cm³/mol. The Kier molecular flexibility index (Phi) is 4.32. The van der Waals surface area contributed by atoms with Crippen molar-refractivity contribution in [1.82, 2.24) is 9.59 Å². The Labute approximate surface area is 127 Å². The third-order valence-electron chi connectivity index (χ3n) is 2.96. The van der Waals surface area contributed by atoms with Crippen LogP contribution in [-0.2, 0) is 5.41 Å². The molecular weight excluding hydrogens is 296 g/mol. The predicted octanol–water partition coefficient (Wildman–Crippen LogP) is 3.58. The van der Waals surface area contributed by atoms with Crippen LogP contribution < -0.4 is 4.74 Å². The highest BCUT2D eigenvalue weighted by molar-refractivity contribution is 7.05. The standard InChI is InChI=1S/C14H17ClN2O2S/c1-14(2,3)13-12(20-17-16-13)11(18)8-5-6-9(15)10(7-8)19-4/h5-7,11,18H,1-4H3. The second kappa shape index (κ2) is 5.68. The van der Waals surface area contributed by atoms with E-state index in [1.165, 1.54) is 11.5 Å². The minimum atomic E-state index is -0.782. The summed E-state index contributed by atoms with van der Waals surface area (Å²) in [5.74, 6) is 0.540. The minimum absolute atomic E-state index is 0.167. The number of aliphatic hydroxyl groups excluding tert-OH is 1. The van der Waals surface area contributed by atoms with Gasteiger partial charge in [-0.3, -0.25) is 0 Å². The first-order valence-electron chi connectivity index (χ1n) is 6.19. The summed E-state index contributed by atoms with van der Waals surface area (Å²) in [6.45, 7) is 6.13. The summed E-state index contributed by atoms with van der Waals surface area (Å²) in [6.07, 6.45) is -0.782. The van der Waals surface area contributed by atoms with Crippen LogP contribution in [0.1, 0.15) is 43.0 Å². The van der Waals surface area contributed by atoms with Gasteiger partial charge in [-0.15, -0.1) is 5.10 Å². The molecule has 0 aliphatic carbocycles. The molecule has 1 atom stereocenters. The van der Waals surface area contributed by atoms with Crippen molar-refractivity contribution in [1.29, 1.82) is 0 Å². The molecule has 0 saturated heterocycles. The summed E-state index contributed by atoms with van der Waals surface area (Å²) in [5, 5.41) is 15.2. The number of nitrogens with zero attached hydrogens (tertiary/aromatic N) is 2. The van der Waals surface area contributed by atoms with Crippen LogP contribution in [0, 0.1) is 0 Å². The first-order chi connectivity index (χ1) is 9.34. The molecule has 1 N–H and O–H groups in total. The van der Waals surface area contributed by atoms with Crippen molar-refractivity contribution in [2.75, 3.05) is 7.11 Å². The number of halogens is 1. The summed E-state index contributed by atoms with van der Waals surface area (Å²) in [5.41, 5.74) is 1.35. The molecule has 4 nitrogen and oxygen atoms in total. The average molecular weight is 313 g/mol. The maximum atomic E-state index is 10.6. The zero-order chi connectivity index (χ0) is 14.9. The van der Waals surface area contributed by atoms with E-state index in [0.29, 0.717) is 16.3 Å². The van der Waals surface area contributed by atoms with E-state index in [1.807, 2.05) is 20.8 Å². The fraction of sp³-hybridized carbons (Fsp3) is 0.429. The van der Waals surface area contributed by atoms with Crippen molar-refractivity contribution < 1.29 is 9.84 Å². The summed E-state index contributed by atoms with van der Waals surface area (Å²) in [6, 6.07) is 5.23. The molecule has 20 heavy (non-hydrogen) atoms. The Morgan fingerprint density at radius 3 is 2.65 bits per heavy atom. The van der Waals surface area contributed by atoms with Gasteiger partial charge in [-0.25, -0.2) is 0 Å². The van der Waals surface area contributed by atoms with E-state index in [2.05, 4.69) is 9.59 Å². The fourth-order valence-corrected chi connectivity index (χ4v) is 2.97. The monoisotopic (exact) mass is 312 g/mol. The highest BCUT2D eigenvalue weighted by Gasteiger charge is 2.27. The number of hydrogen-bond donors (Lipinski definition) is 1. The molecule has 0 amide bonds. The van der Waals surface area contributed by atoms with Crippen LogP contribution in [0.4, 0.5) is 0 Å². The van der Waals surface area contributed by atoms with Gasteiger partial charge in [0, 0.05) is 5.41 Å². The van der Waals surface area contributed by atoms with Crippen molar-refractivity contribution >= 4 is 23.1 Å². The molecule has 0 fully saturated rings. The molecule has 1 unspecified atom stereocenters. The zero-order valence-corrected chi connectivity index (χ0v) is 13.4. The molecule has 0 bridgehead atoms. The molecule has 0 aliphatic rings. The van der Waals surface area contributed by atoms with Crippen LogP contribution in [-0.4, -0.2) is 21.8 Å². The molecule has 0 aliphatic heterocycles.